The van der Waals surface area contributed by atoms with E-state index in [0.717, 1.165) is 31.1 Å². The van der Waals surface area contributed by atoms with Gasteiger partial charge in [-0.25, -0.2) is 9.97 Å². The summed E-state index contributed by atoms with van der Waals surface area (Å²) < 4.78 is 0. The van der Waals surface area contributed by atoms with E-state index in [1.807, 2.05) is 12.4 Å². The van der Waals surface area contributed by atoms with Crippen LogP contribution in [0.3, 0.4) is 0 Å². The third kappa shape index (κ3) is 4.42. The van der Waals surface area contributed by atoms with E-state index in [-0.39, 0.29) is 10.8 Å². The predicted octanol–water partition coefficient (Wildman–Crippen LogP) is 5.08. The normalized spacial score (nSPS) is 15.6. The lowest BCUT2D eigenvalue weighted by Crippen LogP contribution is -2.20. The van der Waals surface area contributed by atoms with Gasteiger partial charge in [-0.05, 0) is 64.5 Å². The number of pyridine rings is 2. The van der Waals surface area contributed by atoms with Crippen LogP contribution in [-0.2, 0) is 23.7 Å². The van der Waals surface area contributed by atoms with Crippen LogP contribution < -0.4 is 10.6 Å². The lowest BCUT2D eigenvalue weighted by molar-refractivity contribution is 0.577. The zero-order valence-electron chi connectivity index (χ0n) is 17.7. The van der Waals surface area contributed by atoms with Crippen molar-refractivity contribution in [2.45, 2.75) is 71.6 Å². The summed E-state index contributed by atoms with van der Waals surface area (Å²) in [7, 11) is 0. The second-order valence-electron chi connectivity index (χ2n) is 9.58. The Labute approximate surface area is 164 Å². The van der Waals surface area contributed by atoms with E-state index < -0.39 is 0 Å². The standard InChI is InChI=1S/C12H18N2.C11H16N2/c1-12(2,3)10-6-8-14-11-9(10)5-4-7-13-11;1-11(2,3)9-5-7-13-10-8(9)4-6-12-10/h6,8H,4-5,7H2,1-3H3,(H,13,14);5,7H,4,6H2,1-3H3,(H,12,13). The summed E-state index contributed by atoms with van der Waals surface area (Å²) in [5, 5.41) is 6.67. The number of rotatable bonds is 0. The van der Waals surface area contributed by atoms with Crippen molar-refractivity contribution in [2.75, 3.05) is 23.7 Å². The second kappa shape index (κ2) is 7.49. The van der Waals surface area contributed by atoms with Gasteiger partial charge in [0, 0.05) is 25.5 Å². The predicted molar refractivity (Wildman–Crippen MR) is 115 cm³/mol. The lowest BCUT2D eigenvalue weighted by atomic mass is 9.82. The third-order valence-corrected chi connectivity index (χ3v) is 5.29. The first-order valence-electron chi connectivity index (χ1n) is 10.1. The van der Waals surface area contributed by atoms with Gasteiger partial charge in [0.1, 0.15) is 11.6 Å². The number of hydrogen-bond donors (Lipinski definition) is 2. The van der Waals surface area contributed by atoms with Crippen molar-refractivity contribution < 1.29 is 0 Å². The molecule has 4 rings (SSSR count). The van der Waals surface area contributed by atoms with Gasteiger partial charge in [-0.2, -0.15) is 0 Å². The maximum atomic E-state index is 4.38. The van der Waals surface area contributed by atoms with E-state index in [4.69, 9.17) is 0 Å². The van der Waals surface area contributed by atoms with Crippen molar-refractivity contribution in [3.63, 3.8) is 0 Å². The SMILES string of the molecule is CC(C)(C)c1ccnc2c1CCCN2.CC(C)(C)c1ccnc2c1CCN2. The van der Waals surface area contributed by atoms with Gasteiger partial charge in [0.15, 0.2) is 0 Å². The zero-order chi connectivity index (χ0) is 19.7. The molecule has 0 spiro atoms. The number of nitrogens with one attached hydrogen (secondary N) is 2. The van der Waals surface area contributed by atoms with Gasteiger partial charge in [-0.1, -0.05) is 41.5 Å². The van der Waals surface area contributed by atoms with Crippen LogP contribution in [0.2, 0.25) is 0 Å². The maximum absolute atomic E-state index is 4.38. The average Bonchev–Trinajstić information content (AvgIpc) is 3.08. The number of anilines is 2. The molecule has 4 heteroatoms. The molecule has 4 heterocycles. The molecule has 0 amide bonds. The first kappa shape index (κ1) is 19.7. The van der Waals surface area contributed by atoms with E-state index in [1.165, 1.54) is 35.1 Å². The van der Waals surface area contributed by atoms with Crippen molar-refractivity contribution in [3.05, 3.63) is 46.8 Å². The Kier molecular flexibility index (Phi) is 5.45. The molecule has 2 aliphatic heterocycles. The fourth-order valence-electron chi connectivity index (χ4n) is 3.98. The van der Waals surface area contributed by atoms with Crippen LogP contribution in [0.25, 0.3) is 0 Å². The number of fused-ring (bicyclic) bond motifs is 2. The second-order valence-corrected chi connectivity index (χ2v) is 9.58. The van der Waals surface area contributed by atoms with Gasteiger partial charge < -0.3 is 10.6 Å². The molecule has 0 radical (unpaired) electrons. The molecular weight excluding hydrogens is 332 g/mol. The van der Waals surface area contributed by atoms with Gasteiger partial charge in [0.05, 0.1) is 0 Å². The smallest absolute Gasteiger partial charge is 0.129 e. The van der Waals surface area contributed by atoms with Gasteiger partial charge in [0.25, 0.3) is 0 Å². The Bertz CT molecular complexity index is 797. The van der Waals surface area contributed by atoms with Crippen LogP contribution in [-0.4, -0.2) is 23.1 Å². The first-order valence-corrected chi connectivity index (χ1v) is 10.1. The highest BCUT2D eigenvalue weighted by Crippen LogP contribution is 2.32. The molecule has 0 fully saturated rings. The zero-order valence-corrected chi connectivity index (χ0v) is 17.7. The van der Waals surface area contributed by atoms with Crippen molar-refractivity contribution in [1.29, 1.82) is 0 Å². The topological polar surface area (TPSA) is 49.8 Å². The molecule has 0 saturated carbocycles. The minimum absolute atomic E-state index is 0.228. The molecule has 0 aromatic carbocycles. The Morgan fingerprint density at radius 2 is 1.19 bits per heavy atom. The molecule has 2 aliphatic rings. The summed E-state index contributed by atoms with van der Waals surface area (Å²) in [6, 6.07) is 4.30. The highest BCUT2D eigenvalue weighted by atomic mass is 15.0. The van der Waals surface area contributed by atoms with Crippen LogP contribution in [0.15, 0.2) is 24.5 Å². The third-order valence-electron chi connectivity index (χ3n) is 5.29. The van der Waals surface area contributed by atoms with E-state index >= 15 is 0 Å². The van der Waals surface area contributed by atoms with Crippen molar-refractivity contribution in [2.24, 2.45) is 0 Å². The van der Waals surface area contributed by atoms with E-state index in [0.29, 0.717) is 0 Å². The Morgan fingerprint density at radius 3 is 1.70 bits per heavy atom. The van der Waals surface area contributed by atoms with Crippen molar-refractivity contribution in [1.82, 2.24) is 9.97 Å². The Hall–Kier alpha value is -2.10. The highest BCUT2D eigenvalue weighted by Gasteiger charge is 2.23. The highest BCUT2D eigenvalue weighted by molar-refractivity contribution is 5.54. The lowest BCUT2D eigenvalue weighted by Gasteiger charge is -2.27. The summed E-state index contributed by atoms with van der Waals surface area (Å²) in [4.78, 5) is 8.70. The van der Waals surface area contributed by atoms with Crippen LogP contribution in [0.5, 0.6) is 0 Å². The molecule has 2 aromatic rings. The quantitative estimate of drug-likeness (QED) is 0.682. The minimum Gasteiger partial charge on any atom is -0.370 e. The summed E-state index contributed by atoms with van der Waals surface area (Å²) in [6.07, 6.45) is 7.33. The number of hydrogen-bond acceptors (Lipinski definition) is 4. The van der Waals surface area contributed by atoms with Crippen molar-refractivity contribution >= 4 is 11.6 Å². The van der Waals surface area contributed by atoms with Gasteiger partial charge in [0.2, 0.25) is 0 Å². The molecule has 146 valence electrons. The molecule has 0 unspecified atom stereocenters. The number of aromatic nitrogens is 2. The molecule has 4 nitrogen and oxygen atoms in total. The number of nitrogens with zero attached hydrogens (tertiary/aromatic N) is 2. The molecule has 0 bridgehead atoms. The van der Waals surface area contributed by atoms with Crippen LogP contribution in [0.1, 0.15) is 70.2 Å². The Balaban J connectivity index is 0.000000156. The first-order chi connectivity index (χ1) is 12.7. The van der Waals surface area contributed by atoms with Crippen LogP contribution >= 0.6 is 0 Å². The van der Waals surface area contributed by atoms with E-state index in [9.17, 15) is 0 Å². The summed E-state index contributed by atoms with van der Waals surface area (Å²) in [5.41, 5.74) is 6.17. The summed E-state index contributed by atoms with van der Waals surface area (Å²) in [5.74, 6) is 2.19. The molecule has 2 aromatic heterocycles. The molecule has 0 atom stereocenters. The summed E-state index contributed by atoms with van der Waals surface area (Å²) in [6.45, 7) is 15.6. The fraction of sp³-hybridized carbons (Fsp3) is 0.565. The molecule has 0 saturated heterocycles. The Morgan fingerprint density at radius 1 is 0.704 bits per heavy atom. The van der Waals surface area contributed by atoms with E-state index in [2.05, 4.69) is 74.3 Å². The maximum Gasteiger partial charge on any atom is 0.129 e. The van der Waals surface area contributed by atoms with Gasteiger partial charge >= 0.3 is 0 Å². The fourth-order valence-corrected chi connectivity index (χ4v) is 3.98. The monoisotopic (exact) mass is 366 g/mol. The molecular formula is C23H34N4. The van der Waals surface area contributed by atoms with Crippen molar-refractivity contribution in [3.8, 4) is 0 Å². The van der Waals surface area contributed by atoms with Gasteiger partial charge in [-0.15, -0.1) is 0 Å². The molecule has 2 N–H and O–H groups in total. The molecule has 27 heavy (non-hydrogen) atoms. The van der Waals surface area contributed by atoms with E-state index in [1.54, 1.807) is 0 Å². The largest absolute Gasteiger partial charge is 0.370 e. The van der Waals surface area contributed by atoms with Gasteiger partial charge in [-0.3, -0.25) is 0 Å². The van der Waals surface area contributed by atoms with Crippen LogP contribution in [0, 0.1) is 0 Å². The average molecular weight is 367 g/mol. The summed E-state index contributed by atoms with van der Waals surface area (Å²) >= 11 is 0. The minimum atomic E-state index is 0.228. The molecule has 0 aliphatic carbocycles. The van der Waals surface area contributed by atoms with Crippen LogP contribution in [0.4, 0.5) is 11.6 Å².